The highest BCUT2D eigenvalue weighted by atomic mass is 35.5. The van der Waals surface area contributed by atoms with Crippen molar-refractivity contribution >= 4 is 56.8 Å². The van der Waals surface area contributed by atoms with E-state index in [2.05, 4.69) is 20.0 Å². The summed E-state index contributed by atoms with van der Waals surface area (Å²) in [5.74, 6) is -1.35. The van der Waals surface area contributed by atoms with Gasteiger partial charge in [0.1, 0.15) is 17.4 Å². The molecule has 14 heteroatoms. The molecule has 3 aromatic rings. The number of hydrogen-bond acceptors (Lipinski definition) is 9. The first-order valence-corrected chi connectivity index (χ1v) is 10.5. The van der Waals surface area contributed by atoms with Crippen LogP contribution < -0.4 is 26.8 Å². The molecule has 0 fully saturated rings. The molecule has 8 N–H and O–H groups in total. The summed E-state index contributed by atoms with van der Waals surface area (Å²) in [7, 11) is -4.15. The van der Waals surface area contributed by atoms with Gasteiger partial charge in [-0.2, -0.15) is 9.97 Å². The Bertz CT molecular complexity index is 1300. The third kappa shape index (κ3) is 5.53. The molecule has 0 aliphatic carbocycles. The third-order valence-corrected chi connectivity index (χ3v) is 5.46. The topological polar surface area (TPSA) is 202 Å². The van der Waals surface area contributed by atoms with Crippen molar-refractivity contribution in [2.45, 2.75) is 4.90 Å². The molecule has 2 aromatic carbocycles. The van der Waals surface area contributed by atoms with Crippen LogP contribution in [0.2, 0.25) is 5.02 Å². The van der Waals surface area contributed by atoms with Crippen molar-refractivity contribution in [2.24, 2.45) is 0 Å². The fraction of sp³-hybridized carbons (Fsp3) is 0. The Morgan fingerprint density at radius 3 is 2.34 bits per heavy atom. The van der Waals surface area contributed by atoms with Gasteiger partial charge in [0, 0.05) is 11.8 Å². The number of phenolic OH excluding ortho intramolecular Hbond substituents is 1. The number of amides is 3. The molecule has 0 aliphatic heterocycles. The standard InChI is InChI=1S/C18H16ClN7O5S/c19-13-7-10(27)4-5-12(13)16(28)25-18(29)22-9-2-1-3-11(6-9)32(30,31)26-17-23-14(20)8-15(21)24-17/h1-8,27H,(H2,22,25,28,29)(H5,20,21,23,24,26). The van der Waals surface area contributed by atoms with Gasteiger partial charge in [0.2, 0.25) is 5.95 Å². The van der Waals surface area contributed by atoms with Crippen molar-refractivity contribution in [1.82, 2.24) is 15.3 Å². The number of phenols is 1. The van der Waals surface area contributed by atoms with E-state index in [0.29, 0.717) is 0 Å². The quantitative estimate of drug-likeness (QED) is 0.316. The van der Waals surface area contributed by atoms with Gasteiger partial charge in [-0.25, -0.2) is 17.9 Å². The van der Waals surface area contributed by atoms with Crippen LogP contribution in [0.3, 0.4) is 0 Å². The van der Waals surface area contributed by atoms with Crippen LogP contribution in [0.4, 0.5) is 28.1 Å². The van der Waals surface area contributed by atoms with Crippen molar-refractivity contribution in [3.8, 4) is 5.75 Å². The van der Waals surface area contributed by atoms with Crippen LogP contribution in [0.25, 0.3) is 0 Å². The van der Waals surface area contributed by atoms with Gasteiger partial charge >= 0.3 is 6.03 Å². The van der Waals surface area contributed by atoms with Gasteiger partial charge in [0.25, 0.3) is 15.9 Å². The van der Waals surface area contributed by atoms with Crippen LogP contribution in [-0.2, 0) is 10.0 Å². The number of aromatic hydroxyl groups is 1. The van der Waals surface area contributed by atoms with Crippen LogP contribution in [0.15, 0.2) is 53.4 Å². The number of aromatic nitrogens is 2. The molecular weight excluding hydrogens is 462 g/mol. The van der Waals surface area contributed by atoms with Gasteiger partial charge in [-0.05, 0) is 36.4 Å². The summed E-state index contributed by atoms with van der Waals surface area (Å²) in [4.78, 5) is 31.6. The number of carbonyl (C=O) groups excluding carboxylic acids is 2. The van der Waals surface area contributed by atoms with Crippen LogP contribution in [0.5, 0.6) is 5.75 Å². The van der Waals surface area contributed by atoms with Crippen LogP contribution in [0.1, 0.15) is 10.4 Å². The molecule has 12 nitrogen and oxygen atoms in total. The molecule has 166 valence electrons. The predicted octanol–water partition coefficient (Wildman–Crippen LogP) is 1.76. The molecule has 0 saturated carbocycles. The Morgan fingerprint density at radius 1 is 1.00 bits per heavy atom. The number of hydrogen-bond donors (Lipinski definition) is 6. The van der Waals surface area contributed by atoms with Gasteiger partial charge in [-0.15, -0.1) is 0 Å². The highest BCUT2D eigenvalue weighted by molar-refractivity contribution is 7.92. The summed E-state index contributed by atoms with van der Waals surface area (Å²) < 4.78 is 27.3. The number of imide groups is 1. The Balaban J connectivity index is 1.72. The van der Waals surface area contributed by atoms with Crippen molar-refractivity contribution < 1.29 is 23.1 Å². The first-order chi connectivity index (χ1) is 15.0. The maximum atomic E-state index is 12.6. The van der Waals surface area contributed by atoms with E-state index in [-0.39, 0.29) is 44.5 Å². The normalized spacial score (nSPS) is 10.9. The maximum Gasteiger partial charge on any atom is 0.326 e. The summed E-state index contributed by atoms with van der Waals surface area (Å²) in [6, 6.07) is 9.14. The summed E-state index contributed by atoms with van der Waals surface area (Å²) in [5, 5.41) is 13.7. The van der Waals surface area contributed by atoms with E-state index in [1.54, 1.807) is 0 Å². The van der Waals surface area contributed by atoms with E-state index < -0.39 is 22.0 Å². The van der Waals surface area contributed by atoms with Crippen molar-refractivity contribution in [2.75, 3.05) is 21.5 Å². The molecule has 0 bridgehead atoms. The fourth-order valence-corrected chi connectivity index (χ4v) is 3.72. The number of nitrogen functional groups attached to an aromatic ring is 2. The third-order valence-electron chi connectivity index (χ3n) is 3.82. The molecule has 1 aromatic heterocycles. The summed E-state index contributed by atoms with van der Waals surface area (Å²) in [6.45, 7) is 0. The van der Waals surface area contributed by atoms with Crippen molar-refractivity contribution in [3.63, 3.8) is 0 Å². The first kappa shape index (κ1) is 22.6. The van der Waals surface area contributed by atoms with Crippen molar-refractivity contribution in [3.05, 3.63) is 59.1 Å². The number of nitrogens with two attached hydrogens (primary N) is 2. The minimum absolute atomic E-state index is 0.0271. The molecule has 0 spiro atoms. The lowest BCUT2D eigenvalue weighted by atomic mass is 10.2. The summed E-state index contributed by atoms with van der Waals surface area (Å²) in [6.07, 6.45) is 0. The van der Waals surface area contributed by atoms with Gasteiger partial charge in [0.15, 0.2) is 0 Å². The average Bonchev–Trinajstić information content (AvgIpc) is 2.66. The molecule has 0 unspecified atom stereocenters. The molecular formula is C18H16ClN7O5S. The average molecular weight is 478 g/mol. The number of nitrogens with zero attached hydrogens (tertiary/aromatic N) is 2. The largest absolute Gasteiger partial charge is 0.508 e. The first-order valence-electron chi connectivity index (χ1n) is 8.67. The van der Waals surface area contributed by atoms with Gasteiger partial charge in [-0.1, -0.05) is 17.7 Å². The van der Waals surface area contributed by atoms with Gasteiger partial charge in [0.05, 0.1) is 15.5 Å². The SMILES string of the molecule is Nc1cc(N)nc(NS(=O)(=O)c2cccc(NC(=O)NC(=O)c3ccc(O)cc3Cl)c2)n1. The van der Waals surface area contributed by atoms with E-state index in [4.69, 9.17) is 23.1 Å². The highest BCUT2D eigenvalue weighted by Crippen LogP contribution is 2.22. The lowest BCUT2D eigenvalue weighted by Crippen LogP contribution is -2.34. The predicted molar refractivity (Wildman–Crippen MR) is 118 cm³/mol. The van der Waals surface area contributed by atoms with E-state index in [9.17, 15) is 23.1 Å². The smallest absolute Gasteiger partial charge is 0.326 e. The van der Waals surface area contributed by atoms with Gasteiger partial charge in [-0.3, -0.25) is 10.1 Å². The number of urea groups is 1. The lowest BCUT2D eigenvalue weighted by molar-refractivity contribution is 0.0967. The molecule has 1 heterocycles. The maximum absolute atomic E-state index is 12.6. The van der Waals surface area contributed by atoms with E-state index in [1.165, 1.54) is 36.4 Å². The lowest BCUT2D eigenvalue weighted by Gasteiger charge is -2.11. The Kier molecular flexibility index (Phi) is 6.32. The highest BCUT2D eigenvalue weighted by Gasteiger charge is 2.18. The number of sulfonamides is 1. The number of carbonyl (C=O) groups is 2. The number of halogens is 1. The van der Waals surface area contributed by atoms with Crippen molar-refractivity contribution in [1.29, 1.82) is 0 Å². The van der Waals surface area contributed by atoms with Crippen LogP contribution in [0, 0.1) is 0 Å². The molecule has 32 heavy (non-hydrogen) atoms. The zero-order valence-corrected chi connectivity index (χ0v) is 17.6. The minimum Gasteiger partial charge on any atom is -0.508 e. The Labute approximate surface area is 186 Å². The minimum atomic E-state index is -4.15. The Morgan fingerprint density at radius 2 is 1.69 bits per heavy atom. The fourth-order valence-electron chi connectivity index (χ4n) is 2.47. The number of nitrogens with one attached hydrogen (secondary N) is 3. The second kappa shape index (κ2) is 8.95. The number of anilines is 4. The summed E-state index contributed by atoms with van der Waals surface area (Å²) in [5.41, 5.74) is 11.1. The number of rotatable bonds is 5. The molecule has 3 amide bonds. The van der Waals surface area contributed by atoms with Crippen LogP contribution in [-0.4, -0.2) is 35.4 Å². The summed E-state index contributed by atoms with van der Waals surface area (Å²) >= 11 is 5.87. The second-order valence-corrected chi connectivity index (χ2v) is 8.34. The zero-order valence-electron chi connectivity index (χ0n) is 16.0. The zero-order chi connectivity index (χ0) is 23.5. The van der Waals surface area contributed by atoms with E-state index >= 15 is 0 Å². The van der Waals surface area contributed by atoms with E-state index in [1.807, 2.05) is 5.32 Å². The van der Waals surface area contributed by atoms with Crippen LogP contribution >= 0.6 is 11.6 Å². The molecule has 0 atom stereocenters. The molecule has 0 saturated heterocycles. The monoisotopic (exact) mass is 477 g/mol. The van der Waals surface area contributed by atoms with E-state index in [0.717, 1.165) is 12.1 Å². The molecule has 3 rings (SSSR count). The molecule has 0 aliphatic rings. The number of benzene rings is 2. The van der Waals surface area contributed by atoms with Gasteiger partial charge < -0.3 is 21.9 Å². The Hall–Kier alpha value is -4.10. The second-order valence-electron chi connectivity index (χ2n) is 6.25. The molecule has 0 radical (unpaired) electrons.